The average molecular weight is 333 g/mol. The van der Waals surface area contributed by atoms with Crippen molar-refractivity contribution in [1.82, 2.24) is 0 Å². The molecule has 6 heteroatoms. The van der Waals surface area contributed by atoms with E-state index in [1.807, 2.05) is 0 Å². The Morgan fingerprint density at radius 1 is 1.37 bits per heavy atom. The molecule has 1 unspecified atom stereocenters. The Labute approximate surface area is 117 Å². The zero-order chi connectivity index (χ0) is 14.6. The van der Waals surface area contributed by atoms with Gasteiger partial charge in [0.1, 0.15) is 0 Å². The van der Waals surface area contributed by atoms with Gasteiger partial charge in [0.25, 0.3) is 6.43 Å². The molecule has 0 spiro atoms. The normalized spacial score (nSPS) is 12.9. The SMILES string of the molecule is CC(Br)C(=O)c1cccc(C(F)F)c1C=CC(=O)O. The third-order valence-electron chi connectivity index (χ3n) is 2.39. The van der Waals surface area contributed by atoms with Gasteiger partial charge in [0.05, 0.1) is 4.83 Å². The van der Waals surface area contributed by atoms with Crippen molar-refractivity contribution in [2.75, 3.05) is 0 Å². The van der Waals surface area contributed by atoms with Crippen LogP contribution in [0.25, 0.3) is 6.08 Å². The molecule has 0 aliphatic rings. The first-order valence-electron chi connectivity index (χ1n) is 5.35. The van der Waals surface area contributed by atoms with Crippen molar-refractivity contribution in [3.05, 3.63) is 41.0 Å². The number of rotatable bonds is 5. The number of hydrogen-bond acceptors (Lipinski definition) is 2. The fourth-order valence-corrected chi connectivity index (χ4v) is 1.79. The second-order valence-electron chi connectivity index (χ2n) is 3.76. The van der Waals surface area contributed by atoms with Crippen LogP contribution in [0.15, 0.2) is 24.3 Å². The molecule has 0 fully saturated rings. The number of halogens is 3. The van der Waals surface area contributed by atoms with Gasteiger partial charge in [-0.1, -0.05) is 34.1 Å². The van der Waals surface area contributed by atoms with Crippen LogP contribution >= 0.6 is 15.9 Å². The van der Waals surface area contributed by atoms with Crippen molar-refractivity contribution in [3.8, 4) is 0 Å². The van der Waals surface area contributed by atoms with E-state index in [-0.39, 0.29) is 22.5 Å². The fourth-order valence-electron chi connectivity index (χ4n) is 1.54. The average Bonchev–Trinajstić information content (AvgIpc) is 2.34. The predicted molar refractivity (Wildman–Crippen MR) is 70.8 cm³/mol. The van der Waals surface area contributed by atoms with Gasteiger partial charge in [-0.2, -0.15) is 0 Å². The fraction of sp³-hybridized carbons (Fsp3) is 0.231. The van der Waals surface area contributed by atoms with E-state index in [4.69, 9.17) is 5.11 Å². The van der Waals surface area contributed by atoms with Gasteiger partial charge in [0.15, 0.2) is 5.78 Å². The van der Waals surface area contributed by atoms with Gasteiger partial charge < -0.3 is 5.11 Å². The lowest BCUT2D eigenvalue weighted by Gasteiger charge is -2.11. The summed E-state index contributed by atoms with van der Waals surface area (Å²) in [7, 11) is 0. The minimum atomic E-state index is -2.79. The van der Waals surface area contributed by atoms with E-state index in [1.165, 1.54) is 18.2 Å². The van der Waals surface area contributed by atoms with Crippen LogP contribution in [-0.2, 0) is 4.79 Å². The lowest BCUT2D eigenvalue weighted by Crippen LogP contribution is -2.13. The number of carbonyl (C=O) groups excluding carboxylic acids is 1. The van der Waals surface area contributed by atoms with Crippen LogP contribution < -0.4 is 0 Å². The van der Waals surface area contributed by atoms with Crippen molar-refractivity contribution in [2.45, 2.75) is 18.2 Å². The number of ketones is 1. The number of carboxylic acid groups (broad SMARTS) is 1. The number of Topliss-reactive ketones (excluding diaryl/α,β-unsaturated/α-hetero) is 1. The first-order chi connectivity index (χ1) is 8.84. The second kappa shape index (κ2) is 6.56. The predicted octanol–water partition coefficient (Wildman–Crippen LogP) is 3.69. The maximum Gasteiger partial charge on any atom is 0.328 e. The molecule has 102 valence electrons. The summed E-state index contributed by atoms with van der Waals surface area (Å²) < 4.78 is 25.8. The van der Waals surface area contributed by atoms with Crippen molar-refractivity contribution >= 4 is 33.8 Å². The summed E-state index contributed by atoms with van der Waals surface area (Å²) >= 11 is 3.07. The first-order valence-corrected chi connectivity index (χ1v) is 6.26. The topological polar surface area (TPSA) is 54.4 Å². The van der Waals surface area contributed by atoms with Crippen molar-refractivity contribution in [1.29, 1.82) is 0 Å². The van der Waals surface area contributed by atoms with E-state index < -0.39 is 17.2 Å². The van der Waals surface area contributed by atoms with Crippen LogP contribution in [-0.4, -0.2) is 21.7 Å². The molecular formula is C13H11BrF2O3. The van der Waals surface area contributed by atoms with Crippen molar-refractivity contribution < 1.29 is 23.5 Å². The molecule has 0 saturated carbocycles. The maximum atomic E-state index is 12.9. The zero-order valence-corrected chi connectivity index (χ0v) is 11.5. The molecule has 0 heterocycles. The van der Waals surface area contributed by atoms with Crippen LogP contribution in [0.3, 0.4) is 0 Å². The van der Waals surface area contributed by atoms with Gasteiger partial charge in [-0.15, -0.1) is 0 Å². The highest BCUT2D eigenvalue weighted by atomic mass is 79.9. The number of alkyl halides is 3. The summed E-state index contributed by atoms with van der Waals surface area (Å²) in [6, 6.07) is 3.91. The molecule has 0 saturated heterocycles. The van der Waals surface area contributed by atoms with Crippen LogP contribution in [0.5, 0.6) is 0 Å². The van der Waals surface area contributed by atoms with Gasteiger partial charge in [0.2, 0.25) is 0 Å². The molecule has 19 heavy (non-hydrogen) atoms. The van der Waals surface area contributed by atoms with E-state index in [0.29, 0.717) is 0 Å². The van der Waals surface area contributed by atoms with Crippen LogP contribution in [0, 0.1) is 0 Å². The highest BCUT2D eigenvalue weighted by Gasteiger charge is 2.20. The molecule has 3 nitrogen and oxygen atoms in total. The Morgan fingerprint density at radius 3 is 2.47 bits per heavy atom. The van der Waals surface area contributed by atoms with Gasteiger partial charge in [-0.25, -0.2) is 13.6 Å². The summed E-state index contributed by atoms with van der Waals surface area (Å²) in [6.45, 7) is 1.57. The number of carboxylic acids is 1. The monoisotopic (exact) mass is 332 g/mol. The molecule has 1 atom stereocenters. The van der Waals surface area contributed by atoms with Gasteiger partial charge in [0, 0.05) is 17.2 Å². The molecule has 0 aromatic heterocycles. The summed E-state index contributed by atoms with van der Waals surface area (Å²) in [5.74, 6) is -1.65. The molecule has 1 aromatic rings. The molecule has 0 bridgehead atoms. The molecule has 1 N–H and O–H groups in total. The lowest BCUT2D eigenvalue weighted by atomic mass is 9.96. The highest BCUT2D eigenvalue weighted by molar-refractivity contribution is 9.10. The number of benzene rings is 1. The Balaban J connectivity index is 3.42. The molecule has 0 aliphatic carbocycles. The molecule has 0 aliphatic heterocycles. The minimum absolute atomic E-state index is 0.0591. The van der Waals surface area contributed by atoms with Crippen LogP contribution in [0.1, 0.15) is 34.8 Å². The highest BCUT2D eigenvalue weighted by Crippen LogP contribution is 2.28. The minimum Gasteiger partial charge on any atom is -0.478 e. The lowest BCUT2D eigenvalue weighted by molar-refractivity contribution is -0.131. The second-order valence-corrected chi connectivity index (χ2v) is 5.13. The number of carbonyl (C=O) groups is 2. The molecule has 0 radical (unpaired) electrons. The summed E-state index contributed by atoms with van der Waals surface area (Å²) in [6.07, 6.45) is -1.03. The van der Waals surface area contributed by atoms with Gasteiger partial charge >= 0.3 is 5.97 Å². The van der Waals surface area contributed by atoms with E-state index in [9.17, 15) is 18.4 Å². The van der Waals surface area contributed by atoms with E-state index in [1.54, 1.807) is 6.92 Å². The smallest absolute Gasteiger partial charge is 0.328 e. The van der Waals surface area contributed by atoms with Crippen molar-refractivity contribution in [3.63, 3.8) is 0 Å². The molecular weight excluding hydrogens is 322 g/mol. The van der Waals surface area contributed by atoms with Gasteiger partial charge in [-0.3, -0.25) is 4.79 Å². The third kappa shape index (κ3) is 3.96. The summed E-state index contributed by atoms with van der Waals surface area (Å²) in [4.78, 5) is 21.9. The quantitative estimate of drug-likeness (QED) is 0.508. The van der Waals surface area contributed by atoms with E-state index >= 15 is 0 Å². The van der Waals surface area contributed by atoms with Crippen LogP contribution in [0.2, 0.25) is 0 Å². The summed E-state index contributed by atoms with van der Waals surface area (Å²) in [5.41, 5.74) is -0.354. The Bertz CT molecular complexity index is 525. The van der Waals surface area contributed by atoms with E-state index in [2.05, 4.69) is 15.9 Å². The van der Waals surface area contributed by atoms with Crippen molar-refractivity contribution in [2.24, 2.45) is 0 Å². The molecule has 1 rings (SSSR count). The first kappa shape index (κ1) is 15.5. The zero-order valence-electron chi connectivity index (χ0n) is 9.94. The Hall–Kier alpha value is -1.56. The Kier molecular flexibility index (Phi) is 5.35. The number of aliphatic carboxylic acids is 1. The maximum absolute atomic E-state index is 12.9. The van der Waals surface area contributed by atoms with Gasteiger partial charge in [-0.05, 0) is 18.6 Å². The van der Waals surface area contributed by atoms with Crippen LogP contribution in [0.4, 0.5) is 8.78 Å². The molecule has 0 amide bonds. The largest absolute Gasteiger partial charge is 0.478 e. The molecule has 1 aromatic carbocycles. The van der Waals surface area contributed by atoms with E-state index in [0.717, 1.165) is 12.2 Å². The standard InChI is InChI=1S/C13H11BrF2O3/c1-7(14)12(19)9-3-2-4-10(13(15)16)8(9)5-6-11(17)18/h2-7,13H,1H3,(H,17,18). The number of hydrogen-bond donors (Lipinski definition) is 1. The Morgan fingerprint density at radius 2 is 2.00 bits per heavy atom. The third-order valence-corrected chi connectivity index (χ3v) is 2.81. The summed E-state index contributed by atoms with van der Waals surface area (Å²) in [5, 5.41) is 8.57.